The maximum Gasteiger partial charge on any atom is 0.352 e. The maximum absolute atomic E-state index is 5.99. The zero-order chi connectivity index (χ0) is 24.2. The van der Waals surface area contributed by atoms with Crippen molar-refractivity contribution in [2.24, 2.45) is 0 Å². The van der Waals surface area contributed by atoms with Crippen molar-refractivity contribution in [3.05, 3.63) is 24.3 Å². The molecular formula is C29H54N3O+. The molecule has 1 aromatic carbocycles. The van der Waals surface area contributed by atoms with Crippen molar-refractivity contribution < 1.29 is 9.31 Å². The molecule has 1 aromatic rings. The number of nitrogens with zero attached hydrogens (tertiary/aromatic N) is 2. The molecule has 4 heteroatoms. The van der Waals surface area contributed by atoms with Gasteiger partial charge in [-0.15, -0.1) is 0 Å². The second-order valence-corrected chi connectivity index (χ2v) is 9.92. The SMILES string of the molecule is CCCCCCCCCCCCCCCCCCOc1cccc(NC(N(C)C)=[N+](C)C)c1. The monoisotopic (exact) mass is 460 g/mol. The van der Waals surface area contributed by atoms with E-state index >= 15 is 0 Å². The molecule has 0 aliphatic rings. The predicted octanol–water partition coefficient (Wildman–Crippen LogP) is 7.93. The molecule has 1 N–H and O–H groups in total. The lowest BCUT2D eigenvalue weighted by Crippen LogP contribution is -2.36. The Hall–Kier alpha value is -1.71. The van der Waals surface area contributed by atoms with Crippen LogP contribution in [0.15, 0.2) is 24.3 Å². The van der Waals surface area contributed by atoms with Crippen LogP contribution in [-0.2, 0) is 0 Å². The molecule has 0 unspecified atom stereocenters. The number of nitrogens with one attached hydrogen (secondary N) is 1. The molecule has 0 aromatic heterocycles. The normalized spacial score (nSPS) is 10.8. The highest BCUT2D eigenvalue weighted by molar-refractivity contribution is 5.89. The van der Waals surface area contributed by atoms with E-state index in [1.54, 1.807) is 0 Å². The van der Waals surface area contributed by atoms with Gasteiger partial charge >= 0.3 is 5.96 Å². The molecule has 0 saturated carbocycles. The zero-order valence-electron chi connectivity index (χ0n) is 22.6. The Morgan fingerprint density at radius 2 is 1.24 bits per heavy atom. The minimum Gasteiger partial charge on any atom is -0.493 e. The fourth-order valence-corrected chi connectivity index (χ4v) is 4.26. The molecule has 1 rings (SSSR count). The van der Waals surface area contributed by atoms with Crippen molar-refractivity contribution in [3.63, 3.8) is 0 Å². The van der Waals surface area contributed by atoms with Crippen molar-refractivity contribution in [2.75, 3.05) is 40.1 Å². The largest absolute Gasteiger partial charge is 0.493 e. The molecule has 0 fully saturated rings. The van der Waals surface area contributed by atoms with Gasteiger partial charge in [-0.1, -0.05) is 109 Å². The first-order chi connectivity index (χ1) is 16.0. The smallest absolute Gasteiger partial charge is 0.352 e. The van der Waals surface area contributed by atoms with E-state index in [-0.39, 0.29) is 0 Å². The van der Waals surface area contributed by atoms with Crippen LogP contribution in [0.3, 0.4) is 0 Å². The summed E-state index contributed by atoms with van der Waals surface area (Å²) in [5, 5.41) is 3.47. The second kappa shape index (κ2) is 19.7. The van der Waals surface area contributed by atoms with Gasteiger partial charge in [-0.05, 0) is 18.6 Å². The summed E-state index contributed by atoms with van der Waals surface area (Å²) in [6.45, 7) is 3.10. The van der Waals surface area contributed by atoms with Gasteiger partial charge < -0.3 is 4.74 Å². The maximum atomic E-state index is 5.99. The van der Waals surface area contributed by atoms with Crippen molar-refractivity contribution in [2.45, 2.75) is 110 Å². The molecule has 0 aliphatic carbocycles. The standard InChI is InChI=1S/C29H53N3O/c1-6-7-8-9-10-11-12-13-14-15-16-17-18-19-20-21-25-33-28-24-22-23-27(26-28)30-29(31(2)3)32(4)5/h22-24,26H,6-21,25H2,1-5H3/p+1. The van der Waals surface area contributed by atoms with Crippen molar-refractivity contribution in [1.29, 1.82) is 0 Å². The fraction of sp³-hybridized carbons (Fsp3) is 0.759. The Morgan fingerprint density at radius 1 is 0.758 bits per heavy atom. The number of benzene rings is 1. The number of guanidine groups is 1. The van der Waals surface area contributed by atoms with Crippen molar-refractivity contribution in [3.8, 4) is 5.75 Å². The molecular weight excluding hydrogens is 406 g/mol. The van der Waals surface area contributed by atoms with Crippen molar-refractivity contribution in [1.82, 2.24) is 4.90 Å². The first-order valence-electron chi connectivity index (χ1n) is 13.8. The van der Waals surface area contributed by atoms with Crippen LogP contribution in [0.2, 0.25) is 0 Å². The first-order valence-corrected chi connectivity index (χ1v) is 13.8. The van der Waals surface area contributed by atoms with Crippen LogP contribution < -0.4 is 10.1 Å². The van der Waals surface area contributed by atoms with Gasteiger partial charge in [0.15, 0.2) is 0 Å². The second-order valence-electron chi connectivity index (χ2n) is 9.92. The summed E-state index contributed by atoms with van der Waals surface area (Å²) in [4.78, 5) is 2.07. The van der Waals surface area contributed by atoms with Gasteiger partial charge in [0.2, 0.25) is 0 Å². The molecule has 0 heterocycles. The highest BCUT2D eigenvalue weighted by Crippen LogP contribution is 2.18. The van der Waals surface area contributed by atoms with Gasteiger partial charge in [0.05, 0.1) is 34.8 Å². The Kier molecular flexibility index (Phi) is 17.5. The number of rotatable bonds is 19. The Bertz CT molecular complexity index is 623. The molecule has 190 valence electrons. The van der Waals surface area contributed by atoms with Crippen LogP contribution >= 0.6 is 0 Å². The third-order valence-corrected chi connectivity index (χ3v) is 6.20. The quantitative estimate of drug-likeness (QED) is 0.0983. The first kappa shape index (κ1) is 29.3. The van der Waals surface area contributed by atoms with E-state index in [2.05, 4.69) is 33.8 Å². The van der Waals surface area contributed by atoms with Crippen LogP contribution in [0.25, 0.3) is 0 Å². The average Bonchev–Trinajstić information content (AvgIpc) is 2.79. The highest BCUT2D eigenvalue weighted by atomic mass is 16.5. The fourth-order valence-electron chi connectivity index (χ4n) is 4.26. The third-order valence-electron chi connectivity index (χ3n) is 6.20. The number of anilines is 1. The van der Waals surface area contributed by atoms with Crippen LogP contribution in [0.4, 0.5) is 5.69 Å². The van der Waals surface area contributed by atoms with Gasteiger partial charge in [-0.2, -0.15) is 0 Å². The van der Waals surface area contributed by atoms with Gasteiger partial charge in [0.25, 0.3) is 0 Å². The number of hydrogen-bond donors (Lipinski definition) is 1. The molecule has 33 heavy (non-hydrogen) atoms. The summed E-state index contributed by atoms with van der Waals surface area (Å²) < 4.78 is 8.07. The summed E-state index contributed by atoms with van der Waals surface area (Å²) in [7, 11) is 8.17. The molecule has 0 aliphatic heterocycles. The molecule has 0 saturated heterocycles. The number of hydrogen-bond acceptors (Lipinski definition) is 1. The van der Waals surface area contributed by atoms with Gasteiger partial charge in [0.1, 0.15) is 11.4 Å². The molecule has 0 amide bonds. The summed E-state index contributed by atoms with van der Waals surface area (Å²) >= 11 is 0. The van der Waals surface area contributed by atoms with E-state index in [9.17, 15) is 0 Å². The van der Waals surface area contributed by atoms with Gasteiger partial charge in [-0.25, -0.2) is 5.32 Å². The average molecular weight is 461 g/mol. The predicted molar refractivity (Wildman–Crippen MR) is 146 cm³/mol. The van der Waals surface area contributed by atoms with E-state index in [1.165, 1.54) is 96.3 Å². The van der Waals surface area contributed by atoms with Crippen molar-refractivity contribution >= 4 is 11.6 Å². The van der Waals surface area contributed by atoms with Gasteiger partial charge in [-0.3, -0.25) is 9.48 Å². The van der Waals surface area contributed by atoms with Crippen LogP contribution in [0, 0.1) is 0 Å². The van der Waals surface area contributed by atoms with E-state index in [1.807, 2.05) is 40.3 Å². The minimum absolute atomic E-state index is 0.805. The topological polar surface area (TPSA) is 27.5 Å². The minimum atomic E-state index is 0.805. The lowest BCUT2D eigenvalue weighted by molar-refractivity contribution is -0.469. The lowest BCUT2D eigenvalue weighted by atomic mass is 10.0. The van der Waals surface area contributed by atoms with E-state index in [0.717, 1.165) is 30.4 Å². The number of unbranched alkanes of at least 4 members (excludes halogenated alkanes) is 15. The lowest BCUT2D eigenvalue weighted by Gasteiger charge is -2.13. The molecule has 0 bridgehead atoms. The van der Waals surface area contributed by atoms with E-state index in [4.69, 9.17) is 4.74 Å². The molecule has 0 radical (unpaired) electrons. The summed E-state index contributed by atoms with van der Waals surface area (Å²) in [5.41, 5.74) is 1.05. The summed E-state index contributed by atoms with van der Waals surface area (Å²) in [6.07, 6.45) is 22.3. The Balaban J connectivity index is 1.98. The Morgan fingerprint density at radius 3 is 1.70 bits per heavy atom. The van der Waals surface area contributed by atoms with Crippen LogP contribution in [-0.4, -0.2) is 50.2 Å². The zero-order valence-corrected chi connectivity index (χ0v) is 22.6. The van der Waals surface area contributed by atoms with E-state index < -0.39 is 0 Å². The molecule has 0 spiro atoms. The third kappa shape index (κ3) is 15.7. The summed E-state index contributed by atoms with van der Waals surface area (Å²) in [5.74, 6) is 1.99. The Labute approximate surface area is 205 Å². The molecule has 4 nitrogen and oxygen atoms in total. The summed E-state index contributed by atoms with van der Waals surface area (Å²) in [6, 6.07) is 8.25. The molecule has 0 atom stereocenters. The van der Waals surface area contributed by atoms with Gasteiger partial charge in [0, 0.05) is 6.07 Å². The van der Waals surface area contributed by atoms with E-state index in [0.29, 0.717) is 0 Å². The van der Waals surface area contributed by atoms with Crippen LogP contribution in [0.1, 0.15) is 110 Å². The van der Waals surface area contributed by atoms with Crippen LogP contribution in [0.5, 0.6) is 5.75 Å². The highest BCUT2D eigenvalue weighted by Gasteiger charge is 2.12. The number of ether oxygens (including phenoxy) is 1.